The van der Waals surface area contributed by atoms with Gasteiger partial charge in [0, 0.05) is 17.3 Å². The molecular weight excluding hydrogens is 309 g/mol. The highest BCUT2D eigenvalue weighted by Crippen LogP contribution is 2.38. The maximum atomic E-state index is 12.0. The quantitative estimate of drug-likeness (QED) is 0.846. The van der Waals surface area contributed by atoms with Crippen molar-refractivity contribution in [2.75, 3.05) is 16.8 Å². The number of nitrogens with one attached hydrogen (secondary N) is 1. The molecule has 2 aromatic carbocycles. The van der Waals surface area contributed by atoms with Gasteiger partial charge in [-0.15, -0.1) is 0 Å². The van der Waals surface area contributed by atoms with Gasteiger partial charge in [0.25, 0.3) is 0 Å². The second-order valence-electron chi connectivity index (χ2n) is 4.82. The third kappa shape index (κ3) is 2.70. The van der Waals surface area contributed by atoms with Crippen LogP contribution < -0.4 is 16.0 Å². The van der Waals surface area contributed by atoms with Gasteiger partial charge in [-0.1, -0.05) is 29.3 Å². The van der Waals surface area contributed by atoms with Crippen molar-refractivity contribution < 1.29 is 4.79 Å². The van der Waals surface area contributed by atoms with Crippen molar-refractivity contribution in [1.82, 2.24) is 0 Å². The Kier molecular flexibility index (Phi) is 3.76. The molecule has 3 rings (SSSR count). The Morgan fingerprint density at radius 3 is 2.57 bits per heavy atom. The molecule has 3 N–H and O–H groups in total. The van der Waals surface area contributed by atoms with E-state index in [9.17, 15) is 4.79 Å². The van der Waals surface area contributed by atoms with E-state index < -0.39 is 6.04 Å². The van der Waals surface area contributed by atoms with Gasteiger partial charge in [-0.3, -0.25) is 4.79 Å². The second-order valence-corrected chi connectivity index (χ2v) is 5.66. The van der Waals surface area contributed by atoms with Crippen molar-refractivity contribution >= 4 is 46.2 Å². The largest absolute Gasteiger partial charge is 0.338 e. The predicted octanol–water partition coefficient (Wildman–Crippen LogP) is 3.41. The highest BCUT2D eigenvalue weighted by molar-refractivity contribution is 6.34. The Bertz CT molecular complexity index is 688. The fourth-order valence-corrected chi connectivity index (χ4v) is 2.66. The Morgan fingerprint density at radius 1 is 1.14 bits per heavy atom. The van der Waals surface area contributed by atoms with Crippen LogP contribution in [0.5, 0.6) is 0 Å². The topological polar surface area (TPSA) is 58.4 Å². The molecule has 1 atom stereocenters. The predicted molar refractivity (Wildman–Crippen MR) is 86.5 cm³/mol. The van der Waals surface area contributed by atoms with Crippen molar-refractivity contribution in [2.45, 2.75) is 6.04 Å². The molecule has 2 aromatic rings. The number of carbonyl (C=O) groups excluding carboxylic acids is 1. The summed E-state index contributed by atoms with van der Waals surface area (Å²) < 4.78 is 0. The maximum absolute atomic E-state index is 12.0. The lowest BCUT2D eigenvalue weighted by Gasteiger charge is -2.25. The van der Waals surface area contributed by atoms with Crippen molar-refractivity contribution in [1.29, 1.82) is 0 Å². The van der Waals surface area contributed by atoms with Crippen LogP contribution in [0.4, 0.5) is 17.1 Å². The minimum atomic E-state index is -0.649. The van der Waals surface area contributed by atoms with Crippen molar-refractivity contribution in [3.05, 3.63) is 52.5 Å². The molecule has 0 fully saturated rings. The number of carbonyl (C=O) groups is 1. The molecule has 0 aromatic heterocycles. The van der Waals surface area contributed by atoms with Gasteiger partial charge in [0.15, 0.2) is 0 Å². The Labute approximate surface area is 132 Å². The normalized spacial score (nSPS) is 18.0. The Morgan fingerprint density at radius 2 is 1.86 bits per heavy atom. The third-order valence-electron chi connectivity index (χ3n) is 3.38. The van der Waals surface area contributed by atoms with Crippen LogP contribution in [0.2, 0.25) is 10.0 Å². The standard InChI is InChI=1S/C15H13Cl2N3O/c16-9-4-6-10(7-5-9)20-8-12(18)15(21)19-14-11(17)2-1-3-13(14)20/h1-7,12H,8,18H2,(H,19,21)/t12-/m0/s1. The molecule has 0 aliphatic carbocycles. The number of benzene rings is 2. The zero-order valence-electron chi connectivity index (χ0n) is 11.0. The van der Waals surface area contributed by atoms with E-state index >= 15 is 0 Å². The van der Waals surface area contributed by atoms with Crippen LogP contribution in [-0.4, -0.2) is 18.5 Å². The van der Waals surface area contributed by atoms with Gasteiger partial charge in [0.05, 0.1) is 16.4 Å². The highest BCUT2D eigenvalue weighted by atomic mass is 35.5. The number of amides is 1. The van der Waals surface area contributed by atoms with Crippen molar-refractivity contribution in [3.63, 3.8) is 0 Å². The fraction of sp³-hybridized carbons (Fsp3) is 0.133. The van der Waals surface area contributed by atoms with E-state index in [4.69, 9.17) is 28.9 Å². The summed E-state index contributed by atoms with van der Waals surface area (Å²) in [5.74, 6) is -0.249. The van der Waals surface area contributed by atoms with Crippen LogP contribution in [0.1, 0.15) is 0 Å². The molecule has 1 aliphatic heterocycles. The molecule has 0 unspecified atom stereocenters. The highest BCUT2D eigenvalue weighted by Gasteiger charge is 2.27. The first-order chi connectivity index (χ1) is 10.1. The van der Waals surface area contributed by atoms with Gasteiger partial charge in [-0.05, 0) is 36.4 Å². The molecule has 0 saturated heterocycles. The third-order valence-corrected chi connectivity index (χ3v) is 3.95. The van der Waals surface area contributed by atoms with Crippen LogP contribution in [0.25, 0.3) is 0 Å². The zero-order chi connectivity index (χ0) is 15.0. The van der Waals surface area contributed by atoms with Gasteiger partial charge in [-0.2, -0.15) is 0 Å². The Balaban J connectivity index is 2.13. The molecule has 1 amide bonds. The van der Waals surface area contributed by atoms with E-state index in [0.717, 1.165) is 11.4 Å². The second kappa shape index (κ2) is 5.56. The lowest BCUT2D eigenvalue weighted by atomic mass is 10.2. The summed E-state index contributed by atoms with van der Waals surface area (Å²) in [6.07, 6.45) is 0. The summed E-state index contributed by atoms with van der Waals surface area (Å²) in [4.78, 5) is 14.0. The van der Waals surface area contributed by atoms with Crippen LogP contribution in [0.3, 0.4) is 0 Å². The van der Waals surface area contributed by atoms with E-state index in [2.05, 4.69) is 5.32 Å². The smallest absolute Gasteiger partial charge is 0.243 e. The molecule has 0 saturated carbocycles. The average molecular weight is 322 g/mol. The first kappa shape index (κ1) is 14.2. The van der Waals surface area contributed by atoms with Gasteiger partial charge in [0.2, 0.25) is 5.91 Å². The fourth-order valence-electron chi connectivity index (χ4n) is 2.32. The molecule has 0 bridgehead atoms. The zero-order valence-corrected chi connectivity index (χ0v) is 12.5. The van der Waals surface area contributed by atoms with Gasteiger partial charge in [0.1, 0.15) is 6.04 Å². The molecule has 108 valence electrons. The molecule has 0 radical (unpaired) electrons. The number of fused-ring (bicyclic) bond motifs is 1. The molecule has 6 heteroatoms. The summed E-state index contributed by atoms with van der Waals surface area (Å²) in [6.45, 7) is 0.362. The molecular formula is C15H13Cl2N3O. The van der Waals surface area contributed by atoms with Crippen molar-refractivity contribution in [2.24, 2.45) is 5.73 Å². The summed E-state index contributed by atoms with van der Waals surface area (Å²) in [5.41, 5.74) is 8.23. The Hall–Kier alpha value is -1.75. The van der Waals surface area contributed by atoms with Crippen LogP contribution in [-0.2, 0) is 4.79 Å². The van der Waals surface area contributed by atoms with E-state index in [1.807, 2.05) is 29.2 Å². The van der Waals surface area contributed by atoms with Crippen LogP contribution in [0.15, 0.2) is 42.5 Å². The number of hydrogen-bond donors (Lipinski definition) is 2. The first-order valence-electron chi connectivity index (χ1n) is 6.44. The number of nitrogens with zero attached hydrogens (tertiary/aromatic N) is 1. The van der Waals surface area contributed by atoms with Crippen LogP contribution >= 0.6 is 23.2 Å². The van der Waals surface area contributed by atoms with Gasteiger partial charge in [-0.25, -0.2) is 0 Å². The van der Waals surface area contributed by atoms with E-state index in [0.29, 0.717) is 22.3 Å². The number of anilines is 3. The lowest BCUT2D eigenvalue weighted by molar-refractivity contribution is -0.117. The molecule has 0 spiro atoms. The summed E-state index contributed by atoms with van der Waals surface area (Å²) in [5, 5.41) is 3.92. The summed E-state index contributed by atoms with van der Waals surface area (Å²) >= 11 is 12.1. The van der Waals surface area contributed by atoms with Gasteiger partial charge < -0.3 is 16.0 Å². The van der Waals surface area contributed by atoms with Crippen LogP contribution in [0, 0.1) is 0 Å². The molecule has 1 heterocycles. The minimum Gasteiger partial charge on any atom is -0.338 e. The summed E-state index contributed by atoms with van der Waals surface area (Å²) in [6, 6.07) is 12.2. The number of para-hydroxylation sites is 1. The number of rotatable bonds is 1. The lowest BCUT2D eigenvalue weighted by Crippen LogP contribution is -2.41. The average Bonchev–Trinajstić information content (AvgIpc) is 2.59. The van der Waals surface area contributed by atoms with E-state index in [1.165, 1.54) is 0 Å². The van der Waals surface area contributed by atoms with Crippen molar-refractivity contribution in [3.8, 4) is 0 Å². The number of hydrogen-bond acceptors (Lipinski definition) is 3. The molecule has 21 heavy (non-hydrogen) atoms. The van der Waals surface area contributed by atoms with Gasteiger partial charge >= 0.3 is 0 Å². The summed E-state index contributed by atoms with van der Waals surface area (Å²) in [7, 11) is 0. The molecule has 4 nitrogen and oxygen atoms in total. The minimum absolute atomic E-state index is 0.249. The first-order valence-corrected chi connectivity index (χ1v) is 7.20. The van der Waals surface area contributed by atoms with E-state index in [1.54, 1.807) is 18.2 Å². The SMILES string of the molecule is N[C@H]1CN(c2ccc(Cl)cc2)c2cccc(Cl)c2NC1=O. The van der Waals surface area contributed by atoms with E-state index in [-0.39, 0.29) is 5.91 Å². The number of nitrogens with two attached hydrogens (primary N) is 1. The molecule has 1 aliphatic rings. The monoisotopic (exact) mass is 321 g/mol. The maximum Gasteiger partial charge on any atom is 0.243 e. The number of halogens is 2.